The molecule has 1 unspecified atom stereocenters. The van der Waals surface area contributed by atoms with Gasteiger partial charge in [-0.1, -0.05) is 173 Å². The van der Waals surface area contributed by atoms with Gasteiger partial charge < -0.3 is 14.6 Å². The Kier molecular flexibility index (Phi) is 43.7. The minimum absolute atomic E-state index is 0.206. The number of carbonyl (C=O) groups is 1. The molecule has 0 aromatic rings. The van der Waals surface area contributed by atoms with Gasteiger partial charge in [-0.25, -0.2) is 0 Å². The molecule has 0 aromatic heterocycles. The minimum atomic E-state index is -0.576. The Morgan fingerprint density at radius 1 is 0.436 bits per heavy atom. The van der Waals surface area contributed by atoms with Gasteiger partial charge in [-0.3, -0.25) is 4.79 Å². The molecule has 0 spiro atoms. The number of allylic oxidation sites excluding steroid dienone is 22. The molecule has 0 radical (unpaired) electrons. The number of hydrogen-bond acceptors (Lipinski definition) is 4. The molecular formula is C51H80O4. The van der Waals surface area contributed by atoms with E-state index >= 15 is 0 Å². The maximum Gasteiger partial charge on any atom is 0.306 e. The smallest absolute Gasteiger partial charge is 0.306 e. The molecule has 0 aliphatic rings. The molecular weight excluding hydrogens is 677 g/mol. The molecule has 55 heavy (non-hydrogen) atoms. The van der Waals surface area contributed by atoms with Gasteiger partial charge in [0.15, 0.2) is 0 Å². The van der Waals surface area contributed by atoms with E-state index < -0.39 is 6.10 Å². The van der Waals surface area contributed by atoms with Crippen molar-refractivity contribution in [3.8, 4) is 0 Å². The average molecular weight is 757 g/mol. The normalized spacial score (nSPS) is 13.7. The maximum absolute atomic E-state index is 12.2. The topological polar surface area (TPSA) is 55.8 Å². The van der Waals surface area contributed by atoms with E-state index in [1.165, 1.54) is 19.3 Å². The van der Waals surface area contributed by atoms with Crippen LogP contribution < -0.4 is 0 Å². The fraction of sp³-hybridized carbons (Fsp3) is 0.549. The van der Waals surface area contributed by atoms with E-state index in [0.29, 0.717) is 13.0 Å². The van der Waals surface area contributed by atoms with Gasteiger partial charge in [0.25, 0.3) is 0 Å². The quantitative estimate of drug-likeness (QED) is 0.0387. The van der Waals surface area contributed by atoms with Crippen LogP contribution in [0.15, 0.2) is 134 Å². The SMILES string of the molecule is CC/C=C\C/C=C\C/C=C\C/C=C\C/C=C\C/C=C\CCCCCCCCC(=O)OC(CO)COCCCC/C=C\C/C=C\C/C=C\C/C=C\C/C=C\CC. The summed E-state index contributed by atoms with van der Waals surface area (Å²) in [4.78, 5) is 12.2. The highest BCUT2D eigenvalue weighted by atomic mass is 16.6. The third-order valence-electron chi connectivity index (χ3n) is 8.47. The molecule has 0 amide bonds. The molecule has 0 saturated carbocycles. The highest BCUT2D eigenvalue weighted by Gasteiger charge is 2.13. The highest BCUT2D eigenvalue weighted by Crippen LogP contribution is 2.11. The van der Waals surface area contributed by atoms with Crippen LogP contribution in [0.1, 0.15) is 155 Å². The van der Waals surface area contributed by atoms with E-state index in [-0.39, 0.29) is 19.2 Å². The summed E-state index contributed by atoms with van der Waals surface area (Å²) in [6.07, 6.45) is 70.8. The van der Waals surface area contributed by atoms with Crippen LogP contribution in [0, 0.1) is 0 Å². The Morgan fingerprint density at radius 3 is 1.15 bits per heavy atom. The van der Waals surface area contributed by atoms with Gasteiger partial charge in [0, 0.05) is 13.0 Å². The fourth-order valence-corrected chi connectivity index (χ4v) is 5.30. The Morgan fingerprint density at radius 2 is 0.764 bits per heavy atom. The molecule has 0 fully saturated rings. The fourth-order valence-electron chi connectivity index (χ4n) is 5.30. The van der Waals surface area contributed by atoms with Crippen molar-refractivity contribution in [3.05, 3.63) is 134 Å². The van der Waals surface area contributed by atoms with Gasteiger partial charge in [0.05, 0.1) is 13.2 Å². The molecule has 0 aliphatic heterocycles. The first-order valence-corrected chi connectivity index (χ1v) is 21.8. The van der Waals surface area contributed by atoms with Crippen LogP contribution in [-0.4, -0.2) is 37.0 Å². The molecule has 4 nitrogen and oxygen atoms in total. The number of hydrogen-bond donors (Lipinski definition) is 1. The average Bonchev–Trinajstić information content (AvgIpc) is 3.19. The first kappa shape index (κ1) is 51.5. The number of ether oxygens (including phenoxy) is 2. The van der Waals surface area contributed by atoms with Gasteiger partial charge in [0.1, 0.15) is 6.10 Å². The third kappa shape index (κ3) is 44.8. The summed E-state index contributed by atoms with van der Waals surface area (Å²) in [5.74, 6) is -0.237. The molecule has 1 atom stereocenters. The second kappa shape index (κ2) is 46.7. The van der Waals surface area contributed by atoms with Crippen LogP contribution in [0.4, 0.5) is 0 Å². The van der Waals surface area contributed by atoms with Gasteiger partial charge in [-0.2, -0.15) is 0 Å². The molecule has 0 aliphatic carbocycles. The first-order chi connectivity index (χ1) is 27.2. The van der Waals surface area contributed by atoms with E-state index in [1.807, 2.05) is 0 Å². The van der Waals surface area contributed by atoms with E-state index in [1.54, 1.807) is 0 Å². The van der Waals surface area contributed by atoms with Crippen molar-refractivity contribution >= 4 is 5.97 Å². The van der Waals surface area contributed by atoms with Crippen molar-refractivity contribution in [2.75, 3.05) is 19.8 Å². The molecule has 0 saturated heterocycles. The van der Waals surface area contributed by atoms with Gasteiger partial charge >= 0.3 is 5.97 Å². The van der Waals surface area contributed by atoms with E-state index in [2.05, 4.69) is 148 Å². The van der Waals surface area contributed by atoms with Crippen molar-refractivity contribution in [1.82, 2.24) is 0 Å². The summed E-state index contributed by atoms with van der Waals surface area (Å²) < 4.78 is 11.1. The van der Waals surface area contributed by atoms with E-state index in [0.717, 1.165) is 116 Å². The molecule has 1 N–H and O–H groups in total. The van der Waals surface area contributed by atoms with E-state index in [9.17, 15) is 9.90 Å². The largest absolute Gasteiger partial charge is 0.457 e. The minimum Gasteiger partial charge on any atom is -0.457 e. The molecule has 0 rings (SSSR count). The van der Waals surface area contributed by atoms with Crippen LogP contribution in [0.5, 0.6) is 0 Å². The number of aliphatic hydroxyl groups excluding tert-OH is 1. The first-order valence-electron chi connectivity index (χ1n) is 21.8. The molecule has 0 aromatic carbocycles. The van der Waals surface area contributed by atoms with Crippen LogP contribution in [0.2, 0.25) is 0 Å². The Balaban J connectivity index is 3.62. The van der Waals surface area contributed by atoms with Crippen LogP contribution in [0.3, 0.4) is 0 Å². The maximum atomic E-state index is 12.2. The van der Waals surface area contributed by atoms with Gasteiger partial charge in [-0.05, 0) is 109 Å². The summed E-state index contributed by atoms with van der Waals surface area (Å²) in [5, 5.41) is 9.60. The van der Waals surface area contributed by atoms with Crippen molar-refractivity contribution in [2.24, 2.45) is 0 Å². The molecule has 308 valence electrons. The lowest BCUT2D eigenvalue weighted by molar-refractivity contribution is -0.154. The lowest BCUT2D eigenvalue weighted by Gasteiger charge is -2.15. The Bertz CT molecular complexity index is 1160. The zero-order valence-corrected chi connectivity index (χ0v) is 35.1. The van der Waals surface area contributed by atoms with Gasteiger partial charge in [-0.15, -0.1) is 0 Å². The van der Waals surface area contributed by atoms with Crippen molar-refractivity contribution in [2.45, 2.75) is 161 Å². The monoisotopic (exact) mass is 757 g/mol. The predicted octanol–water partition coefficient (Wildman–Crippen LogP) is 14.6. The van der Waals surface area contributed by atoms with Crippen molar-refractivity contribution < 1.29 is 19.4 Å². The van der Waals surface area contributed by atoms with E-state index in [4.69, 9.17) is 9.47 Å². The second-order valence-corrected chi connectivity index (χ2v) is 13.6. The lowest BCUT2D eigenvalue weighted by Crippen LogP contribution is -2.27. The number of esters is 1. The number of aliphatic hydroxyl groups is 1. The van der Waals surface area contributed by atoms with Crippen molar-refractivity contribution in [3.63, 3.8) is 0 Å². The Labute approximate surface area is 339 Å². The highest BCUT2D eigenvalue weighted by molar-refractivity contribution is 5.69. The van der Waals surface area contributed by atoms with Crippen LogP contribution >= 0.6 is 0 Å². The standard InChI is InChI=1S/C51H80O4/c1-3-5-7-9-11-13-15-17-19-21-23-24-25-26-27-28-29-30-32-34-36-38-40-42-44-46-51(53)55-50(48-52)49-54-47-45-43-41-39-37-35-33-31-22-20-18-16-14-12-10-8-6-4-2/h5-8,11-14,17-20,23-24,26-27,29-31,33,37,39,50,52H,3-4,9-10,15-16,21-22,25,28,32,34-36,38,40-49H2,1-2H3/b7-5-,8-6-,13-11-,14-12-,19-17-,20-18-,24-23-,27-26-,30-29-,33-31-,39-37-. The molecule has 0 heterocycles. The summed E-state index contributed by atoms with van der Waals surface area (Å²) in [7, 11) is 0. The number of unbranched alkanes of at least 4 members (excludes halogenated alkanes) is 8. The lowest BCUT2D eigenvalue weighted by atomic mass is 10.1. The predicted molar refractivity (Wildman–Crippen MR) is 241 cm³/mol. The summed E-state index contributed by atoms with van der Waals surface area (Å²) >= 11 is 0. The van der Waals surface area contributed by atoms with Crippen LogP contribution in [-0.2, 0) is 14.3 Å². The molecule has 0 bridgehead atoms. The van der Waals surface area contributed by atoms with Gasteiger partial charge in [0.2, 0.25) is 0 Å². The van der Waals surface area contributed by atoms with Crippen LogP contribution in [0.25, 0.3) is 0 Å². The zero-order chi connectivity index (χ0) is 39.8. The summed E-state index contributed by atoms with van der Waals surface area (Å²) in [6, 6.07) is 0. The molecule has 4 heteroatoms. The second-order valence-electron chi connectivity index (χ2n) is 13.6. The van der Waals surface area contributed by atoms with Crippen molar-refractivity contribution in [1.29, 1.82) is 0 Å². The zero-order valence-electron chi connectivity index (χ0n) is 35.1. The number of rotatable bonds is 38. The Hall–Kier alpha value is -3.47. The third-order valence-corrected chi connectivity index (χ3v) is 8.47. The summed E-state index contributed by atoms with van der Waals surface area (Å²) in [5.41, 5.74) is 0. The number of carbonyl (C=O) groups excluding carboxylic acids is 1. The summed E-state index contributed by atoms with van der Waals surface area (Å²) in [6.45, 7) is 4.97.